The van der Waals surface area contributed by atoms with Gasteiger partial charge >= 0.3 is 11.9 Å². The maximum atomic E-state index is 12.2. The minimum atomic E-state index is -0.299. The van der Waals surface area contributed by atoms with Crippen molar-refractivity contribution in [2.75, 3.05) is 67.6 Å². The molecule has 0 amide bonds. The fourth-order valence-corrected chi connectivity index (χ4v) is 6.85. The molecule has 0 spiro atoms. The van der Waals surface area contributed by atoms with Crippen molar-refractivity contribution in [1.29, 1.82) is 0 Å². The van der Waals surface area contributed by atoms with E-state index in [0.717, 1.165) is 35.1 Å². The van der Waals surface area contributed by atoms with E-state index in [1.54, 1.807) is 0 Å². The molecular formula is C44H90Cl2N2O4. The second-order valence-corrected chi connectivity index (χ2v) is 16.9. The van der Waals surface area contributed by atoms with Gasteiger partial charge in [-0.05, 0) is 25.7 Å². The van der Waals surface area contributed by atoms with Crippen LogP contribution in [-0.2, 0) is 19.1 Å². The van der Waals surface area contributed by atoms with Crippen LogP contribution in [0.25, 0.3) is 0 Å². The third-order valence-electron chi connectivity index (χ3n) is 10.7. The van der Waals surface area contributed by atoms with Gasteiger partial charge in [-0.25, -0.2) is 0 Å². The Labute approximate surface area is 337 Å². The monoisotopic (exact) mass is 781 g/mol. The Kier molecular flexibility index (Phi) is 43.0. The number of nitrogens with zero attached hydrogens (tertiary/aromatic N) is 2. The number of carbonyl (C=O) groups is 2. The summed E-state index contributed by atoms with van der Waals surface area (Å²) in [4.78, 5) is 24.5. The summed E-state index contributed by atoms with van der Waals surface area (Å²) in [6, 6.07) is 0. The molecule has 0 rings (SSSR count). The molecule has 0 aliphatic rings. The van der Waals surface area contributed by atoms with Crippen LogP contribution in [-0.4, -0.2) is 88.5 Å². The van der Waals surface area contributed by atoms with Crippen molar-refractivity contribution in [1.82, 2.24) is 0 Å². The number of esters is 2. The van der Waals surface area contributed by atoms with Gasteiger partial charge < -0.3 is 43.3 Å². The van der Waals surface area contributed by atoms with Gasteiger partial charge in [0.2, 0.25) is 0 Å². The fourth-order valence-electron chi connectivity index (χ4n) is 6.85. The third kappa shape index (κ3) is 42.2. The van der Waals surface area contributed by atoms with Crippen LogP contribution in [0.4, 0.5) is 0 Å². The number of halogens is 2. The van der Waals surface area contributed by atoms with E-state index < -0.39 is 0 Å². The van der Waals surface area contributed by atoms with Crippen molar-refractivity contribution in [2.24, 2.45) is 0 Å². The molecule has 0 atom stereocenters. The minimum absolute atomic E-state index is 0. The predicted molar refractivity (Wildman–Crippen MR) is 215 cm³/mol. The van der Waals surface area contributed by atoms with E-state index >= 15 is 0 Å². The highest BCUT2D eigenvalue weighted by molar-refractivity contribution is 5.77. The van der Waals surface area contributed by atoms with Crippen LogP contribution >= 0.6 is 0 Å². The molecule has 0 heterocycles. The van der Waals surface area contributed by atoms with Crippen LogP contribution in [0.15, 0.2) is 0 Å². The lowest BCUT2D eigenvalue weighted by atomic mass is 10.0. The summed E-state index contributed by atoms with van der Waals surface area (Å²) in [5, 5.41) is 0. The summed E-state index contributed by atoms with van der Waals surface area (Å²) in [6.45, 7) is 9.21. The standard InChI is InChI=1S/C44H90N2O4.2ClH/c1-7-9-11-13-15-17-19-21-23-25-27-29-31-33-37-45(3,4)39-41-49-43(47)35-36-44(48)50-42-40-46(5,6)38-34-32-30-28-26-24-22-20-18-16-14-12-10-8-2;;/h7-42H2,1-6H3;2*1H/q+2;;/p-2. The molecule has 6 nitrogen and oxygen atoms in total. The molecule has 52 heavy (non-hydrogen) atoms. The highest BCUT2D eigenvalue weighted by atomic mass is 35.5. The van der Waals surface area contributed by atoms with Crippen LogP contribution < -0.4 is 24.8 Å². The van der Waals surface area contributed by atoms with Crippen molar-refractivity contribution in [2.45, 2.75) is 206 Å². The fraction of sp³-hybridized carbons (Fsp3) is 0.955. The smallest absolute Gasteiger partial charge is 0.306 e. The average Bonchev–Trinajstić information content (AvgIpc) is 3.07. The first-order valence-electron chi connectivity index (χ1n) is 22.1. The molecule has 0 unspecified atom stereocenters. The molecule has 0 N–H and O–H groups in total. The summed E-state index contributed by atoms with van der Waals surface area (Å²) in [7, 11) is 8.86. The lowest BCUT2D eigenvalue weighted by molar-refractivity contribution is -0.890. The van der Waals surface area contributed by atoms with E-state index in [2.05, 4.69) is 42.0 Å². The zero-order valence-electron chi connectivity index (χ0n) is 35.7. The highest BCUT2D eigenvalue weighted by Crippen LogP contribution is 2.15. The van der Waals surface area contributed by atoms with Crippen molar-refractivity contribution in [3.63, 3.8) is 0 Å². The lowest BCUT2D eigenvalue weighted by Crippen LogP contribution is -3.00. The van der Waals surface area contributed by atoms with Gasteiger partial charge in [0.05, 0.1) is 54.1 Å². The first kappa shape index (κ1) is 55.8. The van der Waals surface area contributed by atoms with Crippen LogP contribution in [0.1, 0.15) is 206 Å². The van der Waals surface area contributed by atoms with Crippen LogP contribution in [0.3, 0.4) is 0 Å². The topological polar surface area (TPSA) is 52.6 Å². The van der Waals surface area contributed by atoms with Crippen LogP contribution in [0, 0.1) is 0 Å². The summed E-state index contributed by atoms with van der Waals surface area (Å²) in [5.74, 6) is -0.597. The molecular weight excluding hydrogens is 691 g/mol. The Balaban J connectivity index is -0.0000120. The van der Waals surface area contributed by atoms with Gasteiger partial charge in [0.25, 0.3) is 0 Å². The molecule has 0 saturated carbocycles. The van der Waals surface area contributed by atoms with E-state index in [-0.39, 0.29) is 49.6 Å². The van der Waals surface area contributed by atoms with Crippen LogP contribution in [0.2, 0.25) is 0 Å². The number of hydrogen-bond acceptors (Lipinski definition) is 4. The maximum Gasteiger partial charge on any atom is 0.306 e. The van der Waals surface area contributed by atoms with Gasteiger partial charge in [-0.1, -0.05) is 168 Å². The van der Waals surface area contributed by atoms with E-state index in [1.165, 1.54) is 180 Å². The van der Waals surface area contributed by atoms with Crippen molar-refractivity contribution in [3.8, 4) is 0 Å². The Morgan fingerprint density at radius 3 is 0.788 bits per heavy atom. The molecule has 0 aromatic heterocycles. The largest absolute Gasteiger partial charge is 1.00 e. The number of likely N-dealkylation sites (N-methyl/N-ethyl adjacent to an activating group) is 2. The van der Waals surface area contributed by atoms with Gasteiger partial charge in [0.1, 0.15) is 26.3 Å². The predicted octanol–water partition coefficient (Wildman–Crippen LogP) is 5.98. The second kappa shape index (κ2) is 40.1. The Bertz CT molecular complexity index is 705. The Morgan fingerprint density at radius 1 is 0.346 bits per heavy atom. The second-order valence-electron chi connectivity index (χ2n) is 16.9. The molecule has 0 aromatic rings. The van der Waals surface area contributed by atoms with Crippen molar-refractivity contribution < 1.29 is 52.8 Å². The van der Waals surface area contributed by atoms with Crippen LogP contribution in [0.5, 0.6) is 0 Å². The zero-order valence-corrected chi connectivity index (χ0v) is 37.3. The molecule has 8 heteroatoms. The summed E-state index contributed by atoms with van der Waals surface area (Å²) in [5.41, 5.74) is 0. The summed E-state index contributed by atoms with van der Waals surface area (Å²) in [6.07, 6.45) is 38.7. The number of carbonyl (C=O) groups excluding carboxylic acids is 2. The van der Waals surface area contributed by atoms with E-state index in [9.17, 15) is 9.59 Å². The lowest BCUT2D eigenvalue weighted by Gasteiger charge is -2.29. The normalized spacial score (nSPS) is 11.6. The number of rotatable bonds is 39. The SMILES string of the molecule is CCCCCCCCCCCCCCCC[N+](C)(C)CCOC(=O)CCC(=O)OCC[N+](C)(C)CCCCCCCCCCCCCCCC.[Cl-].[Cl-]. The number of ether oxygens (including phenoxy) is 2. The van der Waals surface area contributed by atoms with Gasteiger partial charge in [0.15, 0.2) is 0 Å². The number of quaternary nitrogens is 2. The van der Waals surface area contributed by atoms with E-state index in [4.69, 9.17) is 9.47 Å². The molecule has 0 radical (unpaired) electrons. The maximum absolute atomic E-state index is 12.2. The molecule has 0 aliphatic carbocycles. The number of unbranched alkanes of at least 4 members (excludes halogenated alkanes) is 26. The third-order valence-corrected chi connectivity index (χ3v) is 10.7. The quantitative estimate of drug-likeness (QED) is 0.0438. The van der Waals surface area contributed by atoms with Crippen molar-refractivity contribution >= 4 is 11.9 Å². The summed E-state index contributed by atoms with van der Waals surface area (Å²) >= 11 is 0. The average molecular weight is 782 g/mol. The Morgan fingerprint density at radius 2 is 0.558 bits per heavy atom. The van der Waals surface area contributed by atoms with E-state index in [0.29, 0.717) is 13.2 Å². The zero-order chi connectivity index (χ0) is 37.0. The molecule has 0 aliphatic heterocycles. The first-order chi connectivity index (χ1) is 24.1. The van der Waals surface area contributed by atoms with Gasteiger partial charge in [-0.3, -0.25) is 9.59 Å². The first-order valence-corrected chi connectivity index (χ1v) is 22.1. The highest BCUT2D eigenvalue weighted by Gasteiger charge is 2.18. The summed E-state index contributed by atoms with van der Waals surface area (Å²) < 4.78 is 12.6. The minimum Gasteiger partial charge on any atom is -1.00 e. The number of hydrogen-bond donors (Lipinski definition) is 0. The van der Waals surface area contributed by atoms with Gasteiger partial charge in [-0.15, -0.1) is 0 Å². The van der Waals surface area contributed by atoms with Gasteiger partial charge in [0, 0.05) is 0 Å². The van der Waals surface area contributed by atoms with Crippen molar-refractivity contribution in [3.05, 3.63) is 0 Å². The van der Waals surface area contributed by atoms with E-state index in [1.807, 2.05) is 0 Å². The Hall–Kier alpha value is -0.560. The molecule has 314 valence electrons. The molecule has 0 saturated heterocycles. The molecule has 0 aromatic carbocycles. The van der Waals surface area contributed by atoms with Gasteiger partial charge in [-0.2, -0.15) is 0 Å². The molecule has 0 bridgehead atoms. The molecule has 0 fully saturated rings.